The lowest BCUT2D eigenvalue weighted by molar-refractivity contribution is 0.187. The standard InChI is InChI=1S/C15H9ClF2O2/c16-11-3-1-2-10(14(11)18)15(19)13-7-8-6-9(17)4-5-12(8)20-13/h1-7,15,19H. The minimum absolute atomic E-state index is 0.0111. The first-order valence-corrected chi connectivity index (χ1v) is 6.25. The van der Waals surface area contributed by atoms with Gasteiger partial charge in [0.15, 0.2) is 0 Å². The Bertz CT molecular complexity index is 783. The topological polar surface area (TPSA) is 33.4 Å². The van der Waals surface area contributed by atoms with Gasteiger partial charge in [-0.05, 0) is 30.3 Å². The van der Waals surface area contributed by atoms with Gasteiger partial charge in [-0.1, -0.05) is 23.7 Å². The fraction of sp³-hybridized carbons (Fsp3) is 0.0667. The van der Waals surface area contributed by atoms with Crippen molar-refractivity contribution < 1.29 is 18.3 Å². The van der Waals surface area contributed by atoms with Crippen molar-refractivity contribution in [1.29, 1.82) is 0 Å². The zero-order valence-corrected chi connectivity index (χ0v) is 10.9. The number of aliphatic hydroxyl groups is 1. The number of hydrogen-bond donors (Lipinski definition) is 1. The highest BCUT2D eigenvalue weighted by atomic mass is 35.5. The molecule has 1 N–H and O–H groups in total. The van der Waals surface area contributed by atoms with E-state index in [0.717, 1.165) is 0 Å². The van der Waals surface area contributed by atoms with Gasteiger partial charge >= 0.3 is 0 Å². The lowest BCUT2D eigenvalue weighted by atomic mass is 10.1. The molecule has 1 atom stereocenters. The predicted octanol–water partition coefficient (Wildman–Crippen LogP) is 4.45. The first-order valence-electron chi connectivity index (χ1n) is 5.87. The second-order valence-corrected chi connectivity index (χ2v) is 4.78. The van der Waals surface area contributed by atoms with Gasteiger partial charge in [0, 0.05) is 10.9 Å². The average Bonchev–Trinajstić information content (AvgIpc) is 2.84. The van der Waals surface area contributed by atoms with Crippen LogP contribution in [-0.4, -0.2) is 5.11 Å². The van der Waals surface area contributed by atoms with Crippen LogP contribution in [0.2, 0.25) is 5.02 Å². The second kappa shape index (κ2) is 4.89. The van der Waals surface area contributed by atoms with Crippen LogP contribution in [0, 0.1) is 11.6 Å². The van der Waals surface area contributed by atoms with Crippen molar-refractivity contribution in [3.63, 3.8) is 0 Å². The van der Waals surface area contributed by atoms with Crippen LogP contribution in [0.4, 0.5) is 8.78 Å². The third-order valence-electron chi connectivity index (χ3n) is 3.04. The van der Waals surface area contributed by atoms with Gasteiger partial charge in [0.2, 0.25) is 0 Å². The van der Waals surface area contributed by atoms with E-state index in [1.54, 1.807) is 0 Å². The molecule has 5 heteroatoms. The van der Waals surface area contributed by atoms with Gasteiger partial charge in [-0.15, -0.1) is 0 Å². The summed E-state index contributed by atoms with van der Waals surface area (Å²) in [7, 11) is 0. The summed E-state index contributed by atoms with van der Waals surface area (Å²) < 4.78 is 32.4. The molecule has 0 saturated heterocycles. The summed E-state index contributed by atoms with van der Waals surface area (Å²) >= 11 is 5.68. The van der Waals surface area contributed by atoms with Gasteiger partial charge in [-0.25, -0.2) is 8.78 Å². The molecule has 0 bridgehead atoms. The molecule has 3 aromatic rings. The van der Waals surface area contributed by atoms with Crippen molar-refractivity contribution in [2.24, 2.45) is 0 Å². The van der Waals surface area contributed by atoms with E-state index in [1.165, 1.54) is 42.5 Å². The fourth-order valence-corrected chi connectivity index (χ4v) is 2.24. The number of aliphatic hydroxyl groups excluding tert-OH is 1. The molecule has 0 saturated carbocycles. The highest BCUT2D eigenvalue weighted by Crippen LogP contribution is 2.31. The van der Waals surface area contributed by atoms with Crippen molar-refractivity contribution in [2.75, 3.05) is 0 Å². The molecule has 3 rings (SSSR count). The zero-order chi connectivity index (χ0) is 14.3. The van der Waals surface area contributed by atoms with Gasteiger partial charge < -0.3 is 9.52 Å². The summed E-state index contributed by atoms with van der Waals surface area (Å²) in [6.07, 6.45) is -1.30. The Labute approximate surface area is 118 Å². The monoisotopic (exact) mass is 294 g/mol. The molecule has 0 aliphatic carbocycles. The number of hydrogen-bond acceptors (Lipinski definition) is 2. The molecule has 2 nitrogen and oxygen atoms in total. The van der Waals surface area contributed by atoms with Crippen molar-refractivity contribution in [1.82, 2.24) is 0 Å². The maximum absolute atomic E-state index is 13.9. The Kier molecular flexibility index (Phi) is 3.20. The number of halogens is 3. The Balaban J connectivity index is 2.08. The summed E-state index contributed by atoms with van der Waals surface area (Å²) in [5, 5.41) is 10.6. The number of rotatable bonds is 2. The number of fused-ring (bicyclic) bond motifs is 1. The Morgan fingerprint density at radius 3 is 2.70 bits per heavy atom. The zero-order valence-electron chi connectivity index (χ0n) is 10.1. The van der Waals surface area contributed by atoms with Gasteiger partial charge in [-0.3, -0.25) is 0 Å². The lowest BCUT2D eigenvalue weighted by Crippen LogP contribution is -2.01. The smallest absolute Gasteiger partial charge is 0.148 e. The van der Waals surface area contributed by atoms with Crippen LogP contribution in [0.1, 0.15) is 17.4 Å². The van der Waals surface area contributed by atoms with Crippen LogP contribution in [0.5, 0.6) is 0 Å². The molecular weight excluding hydrogens is 286 g/mol. The molecular formula is C15H9ClF2O2. The predicted molar refractivity (Wildman–Crippen MR) is 71.6 cm³/mol. The second-order valence-electron chi connectivity index (χ2n) is 4.38. The first-order chi connectivity index (χ1) is 9.56. The highest BCUT2D eigenvalue weighted by Gasteiger charge is 2.20. The van der Waals surface area contributed by atoms with Gasteiger partial charge in [0.05, 0.1) is 5.02 Å². The molecule has 2 aromatic carbocycles. The molecule has 20 heavy (non-hydrogen) atoms. The number of benzene rings is 2. The summed E-state index contributed by atoms with van der Waals surface area (Å²) in [4.78, 5) is 0. The van der Waals surface area contributed by atoms with Gasteiger partial charge in [-0.2, -0.15) is 0 Å². The normalized spacial score (nSPS) is 12.8. The first kappa shape index (κ1) is 13.1. The van der Waals surface area contributed by atoms with E-state index in [-0.39, 0.29) is 16.3 Å². The molecule has 0 aliphatic rings. The van der Waals surface area contributed by atoms with E-state index in [4.69, 9.17) is 16.0 Å². The SMILES string of the molecule is OC(c1cc2cc(F)ccc2o1)c1cccc(Cl)c1F. The molecule has 0 aliphatic heterocycles. The quantitative estimate of drug-likeness (QED) is 0.757. The summed E-state index contributed by atoms with van der Waals surface area (Å²) in [5.41, 5.74) is 0.430. The van der Waals surface area contributed by atoms with Crippen LogP contribution in [-0.2, 0) is 0 Å². The third kappa shape index (κ3) is 2.17. The molecule has 1 heterocycles. The van der Waals surface area contributed by atoms with E-state index in [9.17, 15) is 13.9 Å². The van der Waals surface area contributed by atoms with E-state index < -0.39 is 17.7 Å². The maximum Gasteiger partial charge on any atom is 0.148 e. The molecule has 0 radical (unpaired) electrons. The van der Waals surface area contributed by atoms with E-state index in [1.807, 2.05) is 0 Å². The van der Waals surface area contributed by atoms with E-state index in [0.29, 0.717) is 11.0 Å². The Hall–Kier alpha value is -1.91. The molecule has 0 amide bonds. The maximum atomic E-state index is 13.9. The molecule has 0 fully saturated rings. The minimum atomic E-state index is -1.30. The Morgan fingerprint density at radius 1 is 1.10 bits per heavy atom. The highest BCUT2D eigenvalue weighted by molar-refractivity contribution is 6.30. The van der Waals surface area contributed by atoms with Crippen molar-refractivity contribution in [3.05, 3.63) is 70.4 Å². The largest absolute Gasteiger partial charge is 0.458 e. The van der Waals surface area contributed by atoms with Crippen LogP contribution >= 0.6 is 11.6 Å². The van der Waals surface area contributed by atoms with Crippen molar-refractivity contribution >= 4 is 22.6 Å². The van der Waals surface area contributed by atoms with Crippen LogP contribution < -0.4 is 0 Å². The third-order valence-corrected chi connectivity index (χ3v) is 3.33. The minimum Gasteiger partial charge on any atom is -0.458 e. The molecule has 102 valence electrons. The molecule has 0 spiro atoms. The van der Waals surface area contributed by atoms with Crippen LogP contribution in [0.3, 0.4) is 0 Å². The Morgan fingerprint density at radius 2 is 1.90 bits per heavy atom. The van der Waals surface area contributed by atoms with Crippen molar-refractivity contribution in [2.45, 2.75) is 6.10 Å². The summed E-state index contributed by atoms with van der Waals surface area (Å²) in [6.45, 7) is 0. The van der Waals surface area contributed by atoms with Crippen LogP contribution in [0.25, 0.3) is 11.0 Å². The van der Waals surface area contributed by atoms with Gasteiger partial charge in [0.1, 0.15) is 29.1 Å². The van der Waals surface area contributed by atoms with Gasteiger partial charge in [0.25, 0.3) is 0 Å². The van der Waals surface area contributed by atoms with Crippen molar-refractivity contribution in [3.8, 4) is 0 Å². The summed E-state index contributed by atoms with van der Waals surface area (Å²) in [5.74, 6) is -0.978. The molecule has 1 aromatic heterocycles. The van der Waals surface area contributed by atoms with E-state index >= 15 is 0 Å². The summed E-state index contributed by atoms with van der Waals surface area (Å²) in [6, 6.07) is 9.80. The van der Waals surface area contributed by atoms with E-state index in [2.05, 4.69) is 0 Å². The fourth-order valence-electron chi connectivity index (χ4n) is 2.05. The number of furan rings is 1. The molecule has 1 unspecified atom stereocenters. The lowest BCUT2D eigenvalue weighted by Gasteiger charge is -2.09. The van der Waals surface area contributed by atoms with Crippen LogP contribution in [0.15, 0.2) is 46.9 Å². The average molecular weight is 295 g/mol.